The molecule has 11 N–H and O–H groups in total. The molecule has 47 heavy (non-hydrogen) atoms. The lowest BCUT2D eigenvalue weighted by Gasteiger charge is -2.30. The molecule has 1 heterocycles. The largest absolute Gasteiger partial charge is 0.370 e. The number of hydrogen-bond donors (Lipinski definition) is 9. The summed E-state index contributed by atoms with van der Waals surface area (Å²) < 4.78 is 0. The summed E-state index contributed by atoms with van der Waals surface area (Å²) >= 11 is 0. The molecule has 1 aliphatic heterocycles. The van der Waals surface area contributed by atoms with Gasteiger partial charge in [0, 0.05) is 47.0 Å². The second-order valence-corrected chi connectivity index (χ2v) is 11.1. The SMILES string of the molecule is CC(=O)N[C@@H](CCCN(O)C(C)=O)C(=O)N[C@H](CCCN=C(N)N)C(=O)N(O)CCC[C@@H]1NC(=O)[C@H](CCCN(O)C(C)=O)NC1=O. The Bertz CT molecular complexity index is 1150. The molecule has 0 aromatic rings. The van der Waals surface area contributed by atoms with Crippen LogP contribution in [0, 0.1) is 0 Å². The molecule has 0 aromatic carbocycles. The molecule has 0 aromatic heterocycles. The lowest BCUT2D eigenvalue weighted by Crippen LogP contribution is -2.61. The molecule has 0 aliphatic carbocycles. The van der Waals surface area contributed by atoms with Crippen molar-refractivity contribution in [1.82, 2.24) is 36.5 Å². The van der Waals surface area contributed by atoms with Crippen molar-refractivity contribution < 1.29 is 49.2 Å². The van der Waals surface area contributed by atoms with Gasteiger partial charge in [-0.15, -0.1) is 0 Å². The normalized spacial score (nSPS) is 16.9. The highest BCUT2D eigenvalue weighted by molar-refractivity contribution is 5.97. The van der Waals surface area contributed by atoms with Crippen molar-refractivity contribution in [3.8, 4) is 0 Å². The van der Waals surface area contributed by atoms with Crippen LogP contribution in [0.2, 0.25) is 0 Å². The Balaban J connectivity index is 2.79. The van der Waals surface area contributed by atoms with E-state index in [1.54, 1.807) is 0 Å². The smallest absolute Gasteiger partial charge is 0.268 e. The second kappa shape index (κ2) is 20.5. The molecule has 0 radical (unpaired) electrons. The Morgan fingerprint density at radius 2 is 1.21 bits per heavy atom. The summed E-state index contributed by atoms with van der Waals surface area (Å²) in [6.07, 6.45) is 0.980. The van der Waals surface area contributed by atoms with Crippen LogP contribution in [0.3, 0.4) is 0 Å². The van der Waals surface area contributed by atoms with Gasteiger partial charge in [-0.1, -0.05) is 0 Å². The van der Waals surface area contributed by atoms with Crippen LogP contribution in [-0.4, -0.2) is 128 Å². The first-order valence-electron chi connectivity index (χ1n) is 15.2. The summed E-state index contributed by atoms with van der Waals surface area (Å²) in [5, 5.41) is 41.1. The van der Waals surface area contributed by atoms with Crippen LogP contribution in [0.5, 0.6) is 0 Å². The van der Waals surface area contributed by atoms with Crippen LogP contribution < -0.4 is 32.7 Å². The van der Waals surface area contributed by atoms with Crippen LogP contribution in [0.25, 0.3) is 0 Å². The standard InChI is InChI=1S/C27H48N10O10/c1-16(38)31-19(9-5-13-35(45)17(2)39)23(41)34-22(8-4-12-30-27(28)29)26(44)37(47)15-7-11-21-25(43)32-20(24(42)33-21)10-6-14-36(46)18(3)40/h19-22,45-47H,4-15H2,1-3H3,(H,31,38)(H,32,43)(H,33,42)(H,34,41)(H4,28,29,30)/t19-,20-,21-,22+/m0/s1. The molecule has 20 nitrogen and oxygen atoms in total. The van der Waals surface area contributed by atoms with E-state index in [2.05, 4.69) is 26.3 Å². The minimum atomic E-state index is -1.26. The third-order valence-electron chi connectivity index (χ3n) is 7.09. The van der Waals surface area contributed by atoms with Crippen molar-refractivity contribution in [2.45, 2.75) is 96.3 Å². The maximum atomic E-state index is 13.2. The summed E-state index contributed by atoms with van der Waals surface area (Å²) in [6, 6.07) is -4.17. The van der Waals surface area contributed by atoms with Gasteiger partial charge in [-0.05, 0) is 51.4 Å². The highest BCUT2D eigenvalue weighted by atomic mass is 16.5. The van der Waals surface area contributed by atoms with Crippen molar-refractivity contribution in [3.05, 3.63) is 0 Å². The zero-order valence-electron chi connectivity index (χ0n) is 26.9. The fourth-order valence-electron chi connectivity index (χ4n) is 4.57. The average molecular weight is 673 g/mol. The number of piperazine rings is 1. The molecule has 4 atom stereocenters. The van der Waals surface area contributed by atoms with Gasteiger partial charge < -0.3 is 32.7 Å². The molecule has 1 fully saturated rings. The minimum Gasteiger partial charge on any atom is -0.370 e. The number of hydroxylamine groups is 6. The van der Waals surface area contributed by atoms with E-state index in [-0.39, 0.29) is 83.5 Å². The van der Waals surface area contributed by atoms with Gasteiger partial charge >= 0.3 is 0 Å². The number of hydrogen-bond acceptors (Lipinski definition) is 11. The van der Waals surface area contributed by atoms with Crippen LogP contribution in [0.4, 0.5) is 0 Å². The molecule has 1 saturated heterocycles. The molecule has 0 saturated carbocycles. The van der Waals surface area contributed by atoms with Gasteiger partial charge in [-0.2, -0.15) is 0 Å². The van der Waals surface area contributed by atoms with Crippen LogP contribution >= 0.6 is 0 Å². The van der Waals surface area contributed by atoms with Crippen molar-refractivity contribution in [3.63, 3.8) is 0 Å². The number of aliphatic imine (C=N–C) groups is 1. The van der Waals surface area contributed by atoms with Crippen molar-refractivity contribution >= 4 is 47.3 Å². The number of guanidine groups is 1. The Kier molecular flexibility index (Phi) is 17.7. The summed E-state index contributed by atoms with van der Waals surface area (Å²) in [5.74, 6) is -4.42. The third kappa shape index (κ3) is 15.5. The molecule has 1 rings (SSSR count). The van der Waals surface area contributed by atoms with E-state index in [4.69, 9.17) is 11.5 Å². The predicted molar refractivity (Wildman–Crippen MR) is 163 cm³/mol. The number of nitrogens with one attached hydrogen (secondary N) is 4. The molecule has 7 amide bonds. The molecule has 20 heteroatoms. The lowest BCUT2D eigenvalue weighted by molar-refractivity contribution is -0.169. The first kappa shape index (κ1) is 40.5. The van der Waals surface area contributed by atoms with E-state index in [1.807, 2.05) is 0 Å². The zero-order valence-corrected chi connectivity index (χ0v) is 26.9. The number of carbonyl (C=O) groups excluding carboxylic acids is 7. The van der Waals surface area contributed by atoms with Gasteiger partial charge in [0.05, 0.1) is 0 Å². The summed E-state index contributed by atoms with van der Waals surface area (Å²) in [7, 11) is 0. The first-order valence-corrected chi connectivity index (χ1v) is 15.2. The van der Waals surface area contributed by atoms with E-state index < -0.39 is 65.5 Å². The van der Waals surface area contributed by atoms with Gasteiger partial charge in [0.2, 0.25) is 35.4 Å². The lowest BCUT2D eigenvalue weighted by atomic mass is 10.0. The molecular formula is C27H48N10O10. The van der Waals surface area contributed by atoms with Crippen LogP contribution in [-0.2, 0) is 33.6 Å². The van der Waals surface area contributed by atoms with Gasteiger partial charge in [0.15, 0.2) is 5.96 Å². The molecule has 266 valence electrons. The quantitative estimate of drug-likeness (QED) is 0.0206. The van der Waals surface area contributed by atoms with E-state index in [9.17, 15) is 49.2 Å². The van der Waals surface area contributed by atoms with Gasteiger partial charge in [0.1, 0.15) is 24.2 Å². The molecular weight excluding hydrogens is 624 g/mol. The number of rotatable bonds is 20. The second-order valence-electron chi connectivity index (χ2n) is 11.1. The molecule has 0 bridgehead atoms. The van der Waals surface area contributed by atoms with Crippen LogP contribution in [0.1, 0.15) is 72.1 Å². The summed E-state index contributed by atoms with van der Waals surface area (Å²) in [6.45, 7) is 3.28. The van der Waals surface area contributed by atoms with Gasteiger partial charge in [-0.25, -0.2) is 15.2 Å². The summed E-state index contributed by atoms with van der Waals surface area (Å²) in [5.41, 5.74) is 10.7. The van der Waals surface area contributed by atoms with E-state index in [1.165, 1.54) is 13.8 Å². The fourth-order valence-corrected chi connectivity index (χ4v) is 4.57. The average Bonchev–Trinajstić information content (AvgIpc) is 2.99. The highest BCUT2D eigenvalue weighted by Crippen LogP contribution is 2.11. The summed E-state index contributed by atoms with van der Waals surface area (Å²) in [4.78, 5) is 89.2. The van der Waals surface area contributed by atoms with E-state index >= 15 is 0 Å². The predicted octanol–water partition coefficient (Wildman–Crippen LogP) is -2.95. The number of carbonyl (C=O) groups is 7. The number of amides is 7. The Morgan fingerprint density at radius 3 is 1.68 bits per heavy atom. The number of nitrogens with zero attached hydrogens (tertiary/aromatic N) is 4. The zero-order chi connectivity index (χ0) is 35.7. The molecule has 0 spiro atoms. The molecule has 0 unspecified atom stereocenters. The maximum absolute atomic E-state index is 13.2. The fraction of sp³-hybridized carbons (Fsp3) is 0.704. The first-order chi connectivity index (χ1) is 22.0. The minimum absolute atomic E-state index is 0.00287. The molecule has 1 aliphatic rings. The van der Waals surface area contributed by atoms with Crippen molar-refractivity contribution in [2.24, 2.45) is 16.5 Å². The highest BCUT2D eigenvalue weighted by Gasteiger charge is 2.34. The Morgan fingerprint density at radius 1 is 0.745 bits per heavy atom. The van der Waals surface area contributed by atoms with Gasteiger partial charge in [-0.3, -0.25) is 54.2 Å². The number of nitrogens with two attached hydrogens (primary N) is 2. The Hall–Kier alpha value is -4.56. The maximum Gasteiger partial charge on any atom is 0.268 e. The van der Waals surface area contributed by atoms with Gasteiger partial charge in [0.25, 0.3) is 5.91 Å². The third-order valence-corrected chi connectivity index (χ3v) is 7.09. The van der Waals surface area contributed by atoms with Crippen LogP contribution in [0.15, 0.2) is 4.99 Å². The van der Waals surface area contributed by atoms with E-state index in [0.717, 1.165) is 6.92 Å². The van der Waals surface area contributed by atoms with Crippen molar-refractivity contribution in [1.29, 1.82) is 0 Å². The Labute approximate surface area is 272 Å². The topological polar surface area (TPSA) is 302 Å². The van der Waals surface area contributed by atoms with E-state index in [0.29, 0.717) is 15.2 Å². The van der Waals surface area contributed by atoms with Crippen molar-refractivity contribution in [2.75, 3.05) is 26.2 Å². The monoisotopic (exact) mass is 672 g/mol.